The zero-order chi connectivity index (χ0) is 24.0. The molecule has 0 saturated heterocycles. The minimum atomic E-state index is -1.13. The van der Waals surface area contributed by atoms with E-state index >= 15 is 0 Å². The normalized spacial score (nSPS) is 10.9. The summed E-state index contributed by atoms with van der Waals surface area (Å²) < 4.78 is 5.54. The van der Waals surface area contributed by atoms with E-state index in [0.717, 1.165) is 0 Å². The van der Waals surface area contributed by atoms with Gasteiger partial charge in [0.15, 0.2) is 6.61 Å². The van der Waals surface area contributed by atoms with Gasteiger partial charge in [0.1, 0.15) is 5.75 Å². The van der Waals surface area contributed by atoms with Crippen LogP contribution in [0.2, 0.25) is 0 Å². The number of hydrogen-bond acceptors (Lipinski definition) is 4. The number of aromatic carboxylic acids is 1. The second-order valence-corrected chi connectivity index (χ2v) is 8.49. The molecule has 0 atom stereocenters. The van der Waals surface area contributed by atoms with E-state index in [-0.39, 0.29) is 29.2 Å². The summed E-state index contributed by atoms with van der Waals surface area (Å²) in [6.07, 6.45) is 0. The molecule has 2 amide bonds. The molecule has 0 bridgehead atoms. The van der Waals surface area contributed by atoms with Gasteiger partial charge in [-0.05, 0) is 59.5 Å². The van der Waals surface area contributed by atoms with Gasteiger partial charge in [0, 0.05) is 11.3 Å². The van der Waals surface area contributed by atoms with Gasteiger partial charge in [0.05, 0.1) is 11.3 Å². The summed E-state index contributed by atoms with van der Waals surface area (Å²) in [5, 5.41) is 14.5. The van der Waals surface area contributed by atoms with Crippen LogP contribution in [0.15, 0.2) is 72.8 Å². The van der Waals surface area contributed by atoms with Gasteiger partial charge in [0.2, 0.25) is 0 Å². The van der Waals surface area contributed by atoms with E-state index < -0.39 is 11.9 Å². The topological polar surface area (TPSA) is 105 Å². The molecule has 0 aromatic heterocycles. The third kappa shape index (κ3) is 6.43. The molecule has 3 aromatic rings. The maximum atomic E-state index is 12.5. The second kappa shape index (κ2) is 9.99. The first-order chi connectivity index (χ1) is 15.6. The van der Waals surface area contributed by atoms with Crippen molar-refractivity contribution < 1.29 is 24.2 Å². The molecule has 0 heterocycles. The van der Waals surface area contributed by atoms with Crippen LogP contribution in [0.4, 0.5) is 11.4 Å². The number of rotatable bonds is 7. The maximum Gasteiger partial charge on any atom is 0.337 e. The molecular formula is C26H26N2O5. The highest BCUT2D eigenvalue weighted by Crippen LogP contribution is 2.24. The van der Waals surface area contributed by atoms with Crippen molar-refractivity contribution in [2.45, 2.75) is 26.2 Å². The van der Waals surface area contributed by atoms with Crippen molar-refractivity contribution >= 4 is 29.2 Å². The molecule has 0 aliphatic rings. The highest BCUT2D eigenvalue weighted by Gasteiger charge is 2.14. The van der Waals surface area contributed by atoms with Crippen LogP contribution in [0.5, 0.6) is 5.75 Å². The van der Waals surface area contributed by atoms with Gasteiger partial charge in [-0.1, -0.05) is 45.0 Å². The van der Waals surface area contributed by atoms with Crippen molar-refractivity contribution in [3.05, 3.63) is 89.5 Å². The van der Waals surface area contributed by atoms with E-state index in [0.29, 0.717) is 17.0 Å². The maximum absolute atomic E-state index is 12.5. The zero-order valence-electron chi connectivity index (χ0n) is 18.7. The van der Waals surface area contributed by atoms with Crippen molar-refractivity contribution in [2.75, 3.05) is 17.2 Å². The standard InChI is InChI=1S/C26H26N2O5/c1-26(2,3)18-10-14-20(15-11-18)33-16-23(29)27-19-12-8-17(9-13-19)24(30)28-22-7-5-4-6-21(22)25(31)32/h4-15H,16H2,1-3H3,(H,27,29)(H,28,30)(H,31,32). The number of anilines is 2. The zero-order valence-corrected chi connectivity index (χ0v) is 18.7. The Bertz CT molecular complexity index is 1150. The van der Waals surface area contributed by atoms with Gasteiger partial charge >= 0.3 is 5.97 Å². The molecule has 0 fully saturated rings. The fraction of sp³-hybridized carbons (Fsp3) is 0.192. The SMILES string of the molecule is CC(C)(C)c1ccc(OCC(=O)Nc2ccc(C(=O)Nc3ccccc3C(=O)O)cc2)cc1. The molecule has 3 aromatic carbocycles. The van der Waals surface area contributed by atoms with Crippen LogP contribution < -0.4 is 15.4 Å². The van der Waals surface area contributed by atoms with Gasteiger partial charge in [-0.3, -0.25) is 9.59 Å². The number of carboxylic acids is 1. The summed E-state index contributed by atoms with van der Waals surface area (Å²) in [5.41, 5.74) is 2.26. The number of carboxylic acid groups (broad SMARTS) is 1. The van der Waals surface area contributed by atoms with E-state index in [1.165, 1.54) is 17.7 Å². The number of carbonyl (C=O) groups is 3. The van der Waals surface area contributed by atoms with E-state index in [9.17, 15) is 19.5 Å². The number of ether oxygens (including phenoxy) is 1. The van der Waals surface area contributed by atoms with Crippen LogP contribution >= 0.6 is 0 Å². The minimum absolute atomic E-state index is 0.00257. The van der Waals surface area contributed by atoms with Gasteiger partial charge in [-0.2, -0.15) is 0 Å². The predicted octanol–water partition coefficient (Wildman–Crippen LogP) is 4.95. The molecule has 0 saturated carbocycles. The average molecular weight is 447 g/mol. The first-order valence-electron chi connectivity index (χ1n) is 10.4. The Morgan fingerprint density at radius 2 is 1.48 bits per heavy atom. The van der Waals surface area contributed by atoms with Crippen molar-refractivity contribution in [3.8, 4) is 5.75 Å². The molecule has 0 aliphatic carbocycles. The first-order valence-corrected chi connectivity index (χ1v) is 10.4. The fourth-order valence-corrected chi connectivity index (χ4v) is 3.08. The Kier molecular flexibility index (Phi) is 7.13. The lowest BCUT2D eigenvalue weighted by molar-refractivity contribution is -0.118. The number of para-hydroxylation sites is 1. The molecule has 7 nitrogen and oxygen atoms in total. The van der Waals surface area contributed by atoms with Crippen LogP contribution in [0.3, 0.4) is 0 Å². The third-order valence-electron chi connectivity index (χ3n) is 4.93. The van der Waals surface area contributed by atoms with E-state index in [1.807, 2.05) is 24.3 Å². The highest BCUT2D eigenvalue weighted by molar-refractivity contribution is 6.08. The summed E-state index contributed by atoms with van der Waals surface area (Å²) in [5.74, 6) is -1.31. The Labute approximate surface area is 192 Å². The predicted molar refractivity (Wildman–Crippen MR) is 127 cm³/mol. The van der Waals surface area contributed by atoms with Crippen LogP contribution in [0, 0.1) is 0 Å². The van der Waals surface area contributed by atoms with Crippen molar-refractivity contribution in [1.82, 2.24) is 0 Å². The second-order valence-electron chi connectivity index (χ2n) is 8.49. The molecule has 0 radical (unpaired) electrons. The van der Waals surface area contributed by atoms with Crippen LogP contribution in [0.25, 0.3) is 0 Å². The number of nitrogens with one attached hydrogen (secondary N) is 2. The van der Waals surface area contributed by atoms with Gasteiger partial charge < -0.3 is 20.5 Å². The van der Waals surface area contributed by atoms with Gasteiger partial charge in [-0.15, -0.1) is 0 Å². The van der Waals surface area contributed by atoms with Crippen molar-refractivity contribution in [1.29, 1.82) is 0 Å². The lowest BCUT2D eigenvalue weighted by Crippen LogP contribution is -2.20. The molecular weight excluding hydrogens is 420 g/mol. The van der Waals surface area contributed by atoms with Crippen molar-refractivity contribution in [3.63, 3.8) is 0 Å². The van der Waals surface area contributed by atoms with E-state index in [4.69, 9.17) is 4.74 Å². The molecule has 0 unspecified atom stereocenters. The monoisotopic (exact) mass is 446 g/mol. The smallest absolute Gasteiger partial charge is 0.337 e. The Hall–Kier alpha value is -4.13. The quantitative estimate of drug-likeness (QED) is 0.476. The Morgan fingerprint density at radius 3 is 2.09 bits per heavy atom. The lowest BCUT2D eigenvalue weighted by atomic mass is 9.87. The van der Waals surface area contributed by atoms with Gasteiger partial charge in [0.25, 0.3) is 11.8 Å². The van der Waals surface area contributed by atoms with Gasteiger partial charge in [-0.25, -0.2) is 4.79 Å². The first kappa shape index (κ1) is 23.5. The summed E-state index contributed by atoms with van der Waals surface area (Å²) in [6, 6.07) is 20.1. The van der Waals surface area contributed by atoms with Crippen LogP contribution in [-0.2, 0) is 10.2 Å². The van der Waals surface area contributed by atoms with Crippen LogP contribution in [0.1, 0.15) is 47.1 Å². The number of amides is 2. The Balaban J connectivity index is 1.54. The van der Waals surface area contributed by atoms with Crippen LogP contribution in [-0.4, -0.2) is 29.5 Å². The molecule has 7 heteroatoms. The van der Waals surface area contributed by atoms with Crippen molar-refractivity contribution in [2.24, 2.45) is 0 Å². The summed E-state index contributed by atoms with van der Waals surface area (Å²) in [6.45, 7) is 6.23. The number of carbonyl (C=O) groups excluding carboxylic acids is 2. The molecule has 0 spiro atoms. The third-order valence-corrected chi connectivity index (χ3v) is 4.93. The lowest BCUT2D eigenvalue weighted by Gasteiger charge is -2.19. The van der Waals surface area contributed by atoms with E-state index in [2.05, 4.69) is 31.4 Å². The molecule has 33 heavy (non-hydrogen) atoms. The molecule has 3 rings (SSSR count). The molecule has 3 N–H and O–H groups in total. The number of hydrogen-bond donors (Lipinski definition) is 3. The fourth-order valence-electron chi connectivity index (χ4n) is 3.08. The number of benzene rings is 3. The summed E-state index contributed by atoms with van der Waals surface area (Å²) in [4.78, 5) is 35.9. The Morgan fingerprint density at radius 1 is 0.848 bits per heavy atom. The minimum Gasteiger partial charge on any atom is -0.484 e. The summed E-state index contributed by atoms with van der Waals surface area (Å²) in [7, 11) is 0. The molecule has 170 valence electrons. The molecule has 0 aliphatic heterocycles. The highest BCUT2D eigenvalue weighted by atomic mass is 16.5. The largest absolute Gasteiger partial charge is 0.484 e. The summed E-state index contributed by atoms with van der Waals surface area (Å²) >= 11 is 0. The van der Waals surface area contributed by atoms with E-state index in [1.54, 1.807) is 36.4 Å². The average Bonchev–Trinajstić information content (AvgIpc) is 2.78.